The number of rotatable bonds is 1. The molecule has 2 fully saturated rings. The van der Waals surface area contributed by atoms with E-state index in [1.807, 2.05) is 0 Å². The molecule has 124 valence electrons. The number of likely N-dealkylation sites (N-methyl/N-ethyl adjacent to an activating group) is 2. The first-order valence-electron chi connectivity index (χ1n) is 9.09. The molecule has 4 aliphatic rings. The van der Waals surface area contributed by atoms with E-state index in [1.54, 1.807) is 0 Å². The second-order valence-electron chi connectivity index (χ2n) is 8.25. The standard InChI is InChI=1S/C21H25N2O/c1-4-14-12-23(3)10-9-21-17-7-5-6-8-18(17)22(2)20(21)16(13-24)15(14)11-19(21)23/h4-8,13,15,19H,9-12H2,1-3H3/q+1/b14-4+/t15-,19-,21+,23?/m0/s1. The van der Waals surface area contributed by atoms with Gasteiger partial charge in [0.05, 0.1) is 19.0 Å². The van der Waals surface area contributed by atoms with Crippen molar-refractivity contribution < 1.29 is 9.28 Å². The number of para-hydroxylation sites is 1. The maximum absolute atomic E-state index is 12.2. The number of fused-ring (bicyclic) bond motifs is 2. The zero-order valence-corrected chi connectivity index (χ0v) is 14.7. The van der Waals surface area contributed by atoms with Gasteiger partial charge >= 0.3 is 0 Å². The molecule has 3 aliphatic heterocycles. The summed E-state index contributed by atoms with van der Waals surface area (Å²) in [5.41, 5.74) is 6.62. The van der Waals surface area contributed by atoms with Gasteiger partial charge in [-0.25, -0.2) is 0 Å². The fraction of sp³-hybridized carbons (Fsp3) is 0.476. The van der Waals surface area contributed by atoms with Crippen LogP contribution in [0, 0.1) is 5.92 Å². The molecule has 1 aliphatic carbocycles. The third-order valence-electron chi connectivity index (χ3n) is 7.44. The maximum Gasteiger partial charge on any atom is 0.148 e. The van der Waals surface area contributed by atoms with Crippen molar-refractivity contribution >= 4 is 12.0 Å². The summed E-state index contributed by atoms with van der Waals surface area (Å²) < 4.78 is 1.13. The lowest BCUT2D eigenvalue weighted by Crippen LogP contribution is -2.61. The summed E-state index contributed by atoms with van der Waals surface area (Å²) >= 11 is 0. The van der Waals surface area contributed by atoms with Crippen molar-refractivity contribution in [3.05, 3.63) is 52.7 Å². The van der Waals surface area contributed by atoms with Crippen molar-refractivity contribution in [1.82, 2.24) is 0 Å². The van der Waals surface area contributed by atoms with Crippen LogP contribution in [0.2, 0.25) is 0 Å². The van der Waals surface area contributed by atoms with Gasteiger partial charge in [-0.2, -0.15) is 0 Å². The Labute approximate surface area is 143 Å². The van der Waals surface area contributed by atoms with Crippen LogP contribution < -0.4 is 4.90 Å². The number of piperidine rings is 1. The number of aldehydes is 1. The lowest BCUT2D eigenvalue weighted by atomic mass is 9.61. The van der Waals surface area contributed by atoms with Gasteiger partial charge in [-0.15, -0.1) is 0 Å². The molecule has 0 amide bonds. The van der Waals surface area contributed by atoms with Crippen LogP contribution in [0.4, 0.5) is 5.69 Å². The first kappa shape index (κ1) is 14.5. The van der Waals surface area contributed by atoms with Crippen molar-refractivity contribution in [3.63, 3.8) is 0 Å². The van der Waals surface area contributed by atoms with Crippen LogP contribution in [0.25, 0.3) is 0 Å². The molecule has 1 unspecified atom stereocenters. The van der Waals surface area contributed by atoms with Crippen molar-refractivity contribution in [2.75, 3.05) is 32.1 Å². The minimum Gasteiger partial charge on any atom is -0.346 e. The molecule has 0 radical (unpaired) electrons. The van der Waals surface area contributed by atoms with E-state index in [0.29, 0.717) is 12.0 Å². The zero-order chi connectivity index (χ0) is 16.7. The lowest BCUT2D eigenvalue weighted by Gasteiger charge is -2.52. The first-order chi connectivity index (χ1) is 11.6. The molecule has 24 heavy (non-hydrogen) atoms. The van der Waals surface area contributed by atoms with Crippen LogP contribution in [-0.4, -0.2) is 44.0 Å². The SMILES string of the molecule is C/C=C1\C[N+]2(C)CC[C@]34C(=C(C=O)[C@H]1C[C@@H]32)N(C)c1ccccc14. The van der Waals surface area contributed by atoms with Crippen molar-refractivity contribution in [1.29, 1.82) is 0 Å². The Hall–Kier alpha value is -1.87. The largest absolute Gasteiger partial charge is 0.346 e. The molecule has 5 rings (SSSR count). The van der Waals surface area contributed by atoms with E-state index >= 15 is 0 Å². The summed E-state index contributed by atoms with van der Waals surface area (Å²) in [5, 5.41) is 0. The van der Waals surface area contributed by atoms with Crippen LogP contribution in [0.15, 0.2) is 47.2 Å². The Morgan fingerprint density at radius 1 is 1.33 bits per heavy atom. The zero-order valence-electron chi connectivity index (χ0n) is 14.7. The summed E-state index contributed by atoms with van der Waals surface area (Å²) in [6.07, 6.45) is 5.71. The Kier molecular flexibility index (Phi) is 2.65. The summed E-state index contributed by atoms with van der Waals surface area (Å²) in [4.78, 5) is 14.5. The topological polar surface area (TPSA) is 20.3 Å². The molecule has 3 nitrogen and oxygen atoms in total. The number of quaternary nitrogens is 1. The molecule has 1 aromatic carbocycles. The summed E-state index contributed by atoms with van der Waals surface area (Å²) in [7, 11) is 4.59. The summed E-state index contributed by atoms with van der Waals surface area (Å²) in [5.74, 6) is 0.321. The predicted octanol–water partition coefficient (Wildman–Crippen LogP) is 3.03. The molecule has 0 N–H and O–H groups in total. The Morgan fingerprint density at radius 2 is 2.12 bits per heavy atom. The van der Waals surface area contributed by atoms with Crippen molar-refractivity contribution in [2.45, 2.75) is 31.2 Å². The number of hydrogen-bond donors (Lipinski definition) is 0. The third-order valence-corrected chi connectivity index (χ3v) is 7.44. The molecule has 1 aromatic rings. The van der Waals surface area contributed by atoms with Crippen molar-refractivity contribution in [2.24, 2.45) is 5.92 Å². The van der Waals surface area contributed by atoms with Gasteiger partial charge in [0.2, 0.25) is 0 Å². The van der Waals surface area contributed by atoms with Crippen LogP contribution in [0.3, 0.4) is 0 Å². The number of benzene rings is 1. The Balaban J connectivity index is 1.88. The number of carbonyl (C=O) groups excluding carboxylic acids is 1. The number of allylic oxidation sites excluding steroid dienone is 2. The smallest absolute Gasteiger partial charge is 0.148 e. The second kappa shape index (κ2) is 4.40. The number of hydrogen-bond acceptors (Lipinski definition) is 2. The highest BCUT2D eigenvalue weighted by atomic mass is 16.1. The molecule has 0 saturated carbocycles. The van der Waals surface area contributed by atoms with Gasteiger partial charge in [0.1, 0.15) is 18.9 Å². The maximum atomic E-state index is 12.2. The molecule has 2 saturated heterocycles. The minimum atomic E-state index is 0.0477. The summed E-state index contributed by atoms with van der Waals surface area (Å²) in [6.45, 7) is 4.44. The minimum absolute atomic E-state index is 0.0477. The fourth-order valence-corrected chi connectivity index (χ4v) is 6.49. The normalized spacial score (nSPS) is 40.8. The number of anilines is 1. The van der Waals surface area contributed by atoms with E-state index in [-0.39, 0.29) is 5.41 Å². The summed E-state index contributed by atoms with van der Waals surface area (Å²) in [6, 6.07) is 9.41. The Morgan fingerprint density at radius 3 is 2.88 bits per heavy atom. The third kappa shape index (κ3) is 1.38. The second-order valence-corrected chi connectivity index (χ2v) is 8.25. The van der Waals surface area contributed by atoms with Crippen molar-refractivity contribution in [3.8, 4) is 0 Å². The predicted molar refractivity (Wildman–Crippen MR) is 95.8 cm³/mol. The van der Waals surface area contributed by atoms with Gasteiger partial charge in [-0.05, 0) is 24.1 Å². The molecular weight excluding hydrogens is 296 g/mol. The Bertz CT molecular complexity index is 823. The van der Waals surface area contributed by atoms with E-state index in [9.17, 15) is 4.79 Å². The van der Waals surface area contributed by atoms with Crippen LogP contribution in [-0.2, 0) is 10.2 Å². The lowest BCUT2D eigenvalue weighted by molar-refractivity contribution is -0.923. The van der Waals surface area contributed by atoms with Gasteiger partial charge in [-0.3, -0.25) is 4.79 Å². The highest BCUT2D eigenvalue weighted by Crippen LogP contribution is 2.64. The van der Waals surface area contributed by atoms with E-state index in [0.717, 1.165) is 35.7 Å². The van der Waals surface area contributed by atoms with Gasteiger partial charge in [0.25, 0.3) is 0 Å². The number of carbonyl (C=O) groups is 1. The van der Waals surface area contributed by atoms with Gasteiger partial charge in [0.15, 0.2) is 0 Å². The van der Waals surface area contributed by atoms with E-state index < -0.39 is 0 Å². The van der Waals surface area contributed by atoms with Gasteiger partial charge < -0.3 is 9.38 Å². The highest BCUT2D eigenvalue weighted by molar-refractivity contribution is 5.85. The molecule has 3 heteroatoms. The molecule has 3 heterocycles. The molecule has 2 bridgehead atoms. The number of nitrogens with zero attached hydrogens (tertiary/aromatic N) is 2. The molecular formula is C21H25N2O+. The van der Waals surface area contributed by atoms with Crippen LogP contribution in [0.5, 0.6) is 0 Å². The highest BCUT2D eigenvalue weighted by Gasteiger charge is 2.68. The average Bonchev–Trinajstić information content (AvgIpc) is 3.07. The first-order valence-corrected chi connectivity index (χ1v) is 9.09. The van der Waals surface area contributed by atoms with E-state index in [1.165, 1.54) is 29.1 Å². The monoisotopic (exact) mass is 321 g/mol. The molecule has 1 spiro atoms. The van der Waals surface area contributed by atoms with E-state index in [4.69, 9.17) is 0 Å². The molecule has 0 aromatic heterocycles. The van der Waals surface area contributed by atoms with E-state index in [2.05, 4.69) is 56.3 Å². The molecule has 4 atom stereocenters. The quantitative estimate of drug-likeness (QED) is 0.450. The average molecular weight is 321 g/mol. The van der Waals surface area contributed by atoms with Crippen LogP contribution in [0.1, 0.15) is 25.3 Å². The van der Waals surface area contributed by atoms with Gasteiger partial charge in [0, 0.05) is 42.8 Å². The van der Waals surface area contributed by atoms with Gasteiger partial charge in [-0.1, -0.05) is 24.3 Å². The van der Waals surface area contributed by atoms with Crippen LogP contribution >= 0.6 is 0 Å². The fourth-order valence-electron chi connectivity index (χ4n) is 6.49.